The van der Waals surface area contributed by atoms with Gasteiger partial charge in [-0.25, -0.2) is 0 Å². The van der Waals surface area contributed by atoms with Crippen molar-refractivity contribution >= 4 is 21.8 Å². The van der Waals surface area contributed by atoms with E-state index in [4.69, 9.17) is 0 Å². The molecule has 1 aliphatic carbocycles. The third-order valence-corrected chi connectivity index (χ3v) is 3.84. The van der Waals surface area contributed by atoms with E-state index in [1.54, 1.807) is 0 Å². The van der Waals surface area contributed by atoms with Crippen LogP contribution in [-0.4, -0.2) is 19.0 Å². The molecule has 0 saturated carbocycles. The lowest BCUT2D eigenvalue weighted by Crippen LogP contribution is -2.35. The summed E-state index contributed by atoms with van der Waals surface area (Å²) in [4.78, 5) is 11.4. The number of carbonyl (C=O) groups excluding carboxylic acids is 1. The molecule has 0 heterocycles. The standard InChI is InChI=1S/C13H17BrN2O/c1-2-15-13(17)8-16-12-7-6-9-10(12)4-3-5-11(9)14/h3-5,12,16H,2,6-8H2,1H3,(H,15,17). The summed E-state index contributed by atoms with van der Waals surface area (Å²) in [5.74, 6) is 0.0657. The van der Waals surface area contributed by atoms with Gasteiger partial charge in [0.2, 0.25) is 5.91 Å². The molecule has 1 unspecified atom stereocenters. The van der Waals surface area contributed by atoms with Gasteiger partial charge in [-0.2, -0.15) is 0 Å². The smallest absolute Gasteiger partial charge is 0.233 e. The normalized spacial score (nSPS) is 17.9. The number of hydrogen-bond acceptors (Lipinski definition) is 2. The van der Waals surface area contributed by atoms with Crippen LogP contribution in [0.15, 0.2) is 22.7 Å². The highest BCUT2D eigenvalue weighted by molar-refractivity contribution is 9.10. The molecule has 3 nitrogen and oxygen atoms in total. The Morgan fingerprint density at radius 2 is 2.35 bits per heavy atom. The van der Waals surface area contributed by atoms with Gasteiger partial charge in [0.25, 0.3) is 0 Å². The third kappa shape index (κ3) is 2.87. The number of amides is 1. The molecule has 1 aliphatic rings. The van der Waals surface area contributed by atoms with E-state index in [-0.39, 0.29) is 5.91 Å². The largest absolute Gasteiger partial charge is 0.355 e. The number of halogens is 1. The van der Waals surface area contributed by atoms with Crippen LogP contribution in [0, 0.1) is 0 Å². The van der Waals surface area contributed by atoms with Gasteiger partial charge in [-0.15, -0.1) is 0 Å². The number of hydrogen-bond donors (Lipinski definition) is 2. The Labute approximate surface area is 110 Å². The number of rotatable bonds is 4. The minimum absolute atomic E-state index is 0.0657. The van der Waals surface area contributed by atoms with Gasteiger partial charge in [0.15, 0.2) is 0 Å². The van der Waals surface area contributed by atoms with Gasteiger partial charge in [-0.05, 0) is 37.0 Å². The van der Waals surface area contributed by atoms with Gasteiger partial charge >= 0.3 is 0 Å². The van der Waals surface area contributed by atoms with Crippen molar-refractivity contribution in [2.45, 2.75) is 25.8 Å². The molecular formula is C13H17BrN2O. The molecule has 1 aromatic rings. The molecule has 0 aliphatic heterocycles. The summed E-state index contributed by atoms with van der Waals surface area (Å²) in [5.41, 5.74) is 2.70. The Morgan fingerprint density at radius 3 is 3.12 bits per heavy atom. The molecule has 92 valence electrons. The van der Waals surface area contributed by atoms with Gasteiger partial charge in [-0.3, -0.25) is 4.79 Å². The molecule has 2 rings (SSSR count). The van der Waals surface area contributed by atoms with Gasteiger partial charge in [0, 0.05) is 17.1 Å². The molecule has 0 spiro atoms. The molecule has 1 aromatic carbocycles. The minimum atomic E-state index is 0.0657. The van der Waals surface area contributed by atoms with E-state index in [2.05, 4.69) is 44.8 Å². The van der Waals surface area contributed by atoms with Crippen molar-refractivity contribution in [1.29, 1.82) is 0 Å². The highest BCUT2D eigenvalue weighted by Crippen LogP contribution is 2.35. The Hall–Kier alpha value is -0.870. The fourth-order valence-corrected chi connectivity index (χ4v) is 2.88. The lowest BCUT2D eigenvalue weighted by atomic mass is 10.1. The number of likely N-dealkylation sites (N-methyl/N-ethyl adjacent to an activating group) is 1. The molecule has 0 saturated heterocycles. The van der Waals surface area contributed by atoms with Gasteiger partial charge in [0.05, 0.1) is 6.54 Å². The van der Waals surface area contributed by atoms with Crippen LogP contribution in [0.5, 0.6) is 0 Å². The molecule has 0 aromatic heterocycles. The maximum absolute atomic E-state index is 11.4. The van der Waals surface area contributed by atoms with Crippen molar-refractivity contribution in [3.8, 4) is 0 Å². The summed E-state index contributed by atoms with van der Waals surface area (Å²) in [6.45, 7) is 3.01. The first-order valence-electron chi connectivity index (χ1n) is 5.99. The fraction of sp³-hybridized carbons (Fsp3) is 0.462. The molecular weight excluding hydrogens is 280 g/mol. The number of benzene rings is 1. The predicted octanol–water partition coefficient (Wildman–Crippen LogP) is 2.16. The van der Waals surface area contributed by atoms with Crippen molar-refractivity contribution < 1.29 is 4.79 Å². The summed E-state index contributed by atoms with van der Waals surface area (Å²) in [7, 11) is 0. The maximum Gasteiger partial charge on any atom is 0.233 e. The van der Waals surface area contributed by atoms with E-state index in [0.717, 1.165) is 12.8 Å². The first-order chi connectivity index (χ1) is 8.22. The van der Waals surface area contributed by atoms with Crippen LogP contribution in [-0.2, 0) is 11.2 Å². The van der Waals surface area contributed by atoms with E-state index in [1.807, 2.05) is 6.92 Å². The van der Waals surface area contributed by atoms with Gasteiger partial charge in [-0.1, -0.05) is 28.1 Å². The van der Waals surface area contributed by atoms with E-state index in [9.17, 15) is 4.79 Å². The topological polar surface area (TPSA) is 41.1 Å². The van der Waals surface area contributed by atoms with Crippen LogP contribution in [0.4, 0.5) is 0 Å². The van der Waals surface area contributed by atoms with Crippen molar-refractivity contribution in [2.24, 2.45) is 0 Å². The van der Waals surface area contributed by atoms with Gasteiger partial charge < -0.3 is 10.6 Å². The second-order valence-electron chi connectivity index (χ2n) is 4.23. The Kier molecular flexibility index (Phi) is 4.18. The number of fused-ring (bicyclic) bond motifs is 1. The lowest BCUT2D eigenvalue weighted by molar-refractivity contribution is -0.120. The zero-order valence-corrected chi connectivity index (χ0v) is 11.5. The van der Waals surface area contributed by atoms with Crippen LogP contribution in [0.25, 0.3) is 0 Å². The van der Waals surface area contributed by atoms with E-state index < -0.39 is 0 Å². The first kappa shape index (κ1) is 12.6. The van der Waals surface area contributed by atoms with E-state index in [1.165, 1.54) is 15.6 Å². The zero-order chi connectivity index (χ0) is 12.3. The monoisotopic (exact) mass is 296 g/mol. The van der Waals surface area contributed by atoms with Crippen molar-refractivity contribution in [1.82, 2.24) is 10.6 Å². The van der Waals surface area contributed by atoms with Crippen LogP contribution in [0.3, 0.4) is 0 Å². The second-order valence-corrected chi connectivity index (χ2v) is 5.09. The molecule has 0 fully saturated rings. The van der Waals surface area contributed by atoms with Crippen molar-refractivity contribution in [3.05, 3.63) is 33.8 Å². The quantitative estimate of drug-likeness (QED) is 0.894. The highest BCUT2D eigenvalue weighted by Gasteiger charge is 2.23. The van der Waals surface area contributed by atoms with Crippen LogP contribution in [0.1, 0.15) is 30.5 Å². The first-order valence-corrected chi connectivity index (χ1v) is 6.79. The fourth-order valence-electron chi connectivity index (χ4n) is 2.30. The lowest BCUT2D eigenvalue weighted by Gasteiger charge is -2.13. The number of carbonyl (C=O) groups is 1. The summed E-state index contributed by atoms with van der Waals surface area (Å²) in [6.07, 6.45) is 2.14. The van der Waals surface area contributed by atoms with Crippen LogP contribution >= 0.6 is 15.9 Å². The summed E-state index contributed by atoms with van der Waals surface area (Å²) in [6, 6.07) is 6.58. The van der Waals surface area contributed by atoms with Crippen molar-refractivity contribution in [3.63, 3.8) is 0 Å². The van der Waals surface area contributed by atoms with Crippen LogP contribution in [0.2, 0.25) is 0 Å². The molecule has 0 radical (unpaired) electrons. The Bertz CT molecular complexity index is 420. The molecule has 1 amide bonds. The van der Waals surface area contributed by atoms with Gasteiger partial charge in [0.1, 0.15) is 0 Å². The van der Waals surface area contributed by atoms with Crippen LogP contribution < -0.4 is 10.6 Å². The summed E-state index contributed by atoms with van der Waals surface area (Å²) >= 11 is 3.57. The summed E-state index contributed by atoms with van der Waals surface area (Å²) in [5, 5.41) is 6.11. The van der Waals surface area contributed by atoms with E-state index in [0.29, 0.717) is 19.1 Å². The molecule has 17 heavy (non-hydrogen) atoms. The zero-order valence-electron chi connectivity index (χ0n) is 9.92. The Balaban J connectivity index is 1.98. The molecule has 0 bridgehead atoms. The Morgan fingerprint density at radius 1 is 1.53 bits per heavy atom. The maximum atomic E-state index is 11.4. The predicted molar refractivity (Wildman–Crippen MR) is 71.9 cm³/mol. The average Bonchev–Trinajstić information content (AvgIpc) is 2.72. The molecule has 4 heteroatoms. The second kappa shape index (κ2) is 5.65. The molecule has 2 N–H and O–H groups in total. The SMILES string of the molecule is CCNC(=O)CNC1CCc2c(Br)cccc21. The van der Waals surface area contributed by atoms with Crippen molar-refractivity contribution in [2.75, 3.05) is 13.1 Å². The minimum Gasteiger partial charge on any atom is -0.355 e. The average molecular weight is 297 g/mol. The highest BCUT2D eigenvalue weighted by atomic mass is 79.9. The van der Waals surface area contributed by atoms with E-state index >= 15 is 0 Å². The number of nitrogens with one attached hydrogen (secondary N) is 2. The third-order valence-electron chi connectivity index (χ3n) is 3.10. The molecule has 1 atom stereocenters. The summed E-state index contributed by atoms with van der Waals surface area (Å²) < 4.78 is 1.18.